The summed E-state index contributed by atoms with van der Waals surface area (Å²) < 4.78 is 6.01. The second kappa shape index (κ2) is 5.00. The zero-order valence-corrected chi connectivity index (χ0v) is 11.5. The summed E-state index contributed by atoms with van der Waals surface area (Å²) in [6.07, 6.45) is 6.29. The van der Waals surface area contributed by atoms with Crippen molar-refractivity contribution in [2.45, 2.75) is 52.2 Å². The van der Waals surface area contributed by atoms with Crippen LogP contribution in [0.15, 0.2) is 0 Å². The van der Waals surface area contributed by atoms with Gasteiger partial charge in [0.15, 0.2) is 8.32 Å². The normalized spacial score (nSPS) is 14.9. The molecule has 0 rings (SSSR count). The minimum absolute atomic E-state index is 0.298. The maximum atomic E-state index is 6.01. The van der Waals surface area contributed by atoms with Crippen molar-refractivity contribution < 1.29 is 4.43 Å². The van der Waals surface area contributed by atoms with Crippen LogP contribution in [0.25, 0.3) is 0 Å². The zero-order chi connectivity index (χ0) is 11.4. The van der Waals surface area contributed by atoms with Crippen molar-refractivity contribution in [3.63, 3.8) is 0 Å². The highest BCUT2D eigenvalue weighted by Crippen LogP contribution is 2.36. The van der Waals surface area contributed by atoms with E-state index in [1.54, 1.807) is 0 Å². The predicted octanol–water partition coefficient (Wildman–Crippen LogP) is 3.67. The first-order valence-corrected chi connectivity index (χ1v) is 8.21. The molecule has 0 fully saturated rings. The molecule has 0 aliphatic rings. The third kappa shape index (κ3) is 4.30. The molecule has 0 heterocycles. The van der Waals surface area contributed by atoms with Crippen LogP contribution in [0, 0.1) is 18.3 Å². The van der Waals surface area contributed by atoms with Gasteiger partial charge in [0.25, 0.3) is 0 Å². The van der Waals surface area contributed by atoms with Crippen LogP contribution in [-0.2, 0) is 4.43 Å². The lowest BCUT2D eigenvalue weighted by molar-refractivity contribution is 0.271. The molecule has 0 bridgehead atoms. The molecular formula is C12H24OSi. The maximum absolute atomic E-state index is 6.01. The number of hydrogen-bond donors (Lipinski definition) is 0. The molecule has 0 aliphatic carbocycles. The number of terminal acetylenes is 1. The SMILES string of the molecule is C#CC(C)CCO[Si](C)(C)C(C)(C)C. The Morgan fingerprint density at radius 3 is 2.21 bits per heavy atom. The summed E-state index contributed by atoms with van der Waals surface area (Å²) in [5.74, 6) is 3.06. The fraction of sp³-hybridized carbons (Fsp3) is 0.833. The monoisotopic (exact) mass is 212 g/mol. The average molecular weight is 212 g/mol. The molecule has 0 radical (unpaired) electrons. The van der Waals surface area contributed by atoms with Gasteiger partial charge in [-0.1, -0.05) is 27.7 Å². The topological polar surface area (TPSA) is 9.23 Å². The third-order valence-electron chi connectivity index (χ3n) is 3.10. The first-order valence-electron chi connectivity index (χ1n) is 5.31. The highest BCUT2D eigenvalue weighted by atomic mass is 28.4. The standard InChI is InChI=1S/C12H24OSi/c1-8-11(2)9-10-13-14(6,7)12(3,4)5/h1,11H,9-10H2,2-7H3. The molecule has 0 spiro atoms. The summed E-state index contributed by atoms with van der Waals surface area (Å²) in [6, 6.07) is 0. The lowest BCUT2D eigenvalue weighted by atomic mass is 10.1. The molecule has 1 atom stereocenters. The molecule has 82 valence electrons. The van der Waals surface area contributed by atoms with Gasteiger partial charge in [-0.3, -0.25) is 0 Å². The van der Waals surface area contributed by atoms with Crippen LogP contribution in [-0.4, -0.2) is 14.9 Å². The van der Waals surface area contributed by atoms with E-state index >= 15 is 0 Å². The molecule has 0 aromatic heterocycles. The average Bonchev–Trinajstić information content (AvgIpc) is 2.01. The Balaban J connectivity index is 3.96. The molecular weight excluding hydrogens is 188 g/mol. The van der Waals surface area contributed by atoms with Gasteiger partial charge in [0.05, 0.1) is 0 Å². The summed E-state index contributed by atoms with van der Waals surface area (Å²) >= 11 is 0. The van der Waals surface area contributed by atoms with Crippen LogP contribution < -0.4 is 0 Å². The van der Waals surface area contributed by atoms with Gasteiger partial charge in [-0.15, -0.1) is 12.3 Å². The minimum atomic E-state index is -1.55. The first-order chi connectivity index (χ1) is 6.20. The Labute approximate surface area is 90.4 Å². The van der Waals surface area contributed by atoms with Crippen molar-refractivity contribution >= 4 is 8.32 Å². The molecule has 0 saturated heterocycles. The summed E-state index contributed by atoms with van der Waals surface area (Å²) in [6.45, 7) is 14.2. The lowest BCUT2D eigenvalue weighted by Crippen LogP contribution is -2.41. The van der Waals surface area contributed by atoms with E-state index in [1.807, 2.05) is 0 Å². The Kier molecular flexibility index (Phi) is 4.90. The van der Waals surface area contributed by atoms with Crippen molar-refractivity contribution in [1.29, 1.82) is 0 Å². The fourth-order valence-corrected chi connectivity index (χ4v) is 1.85. The van der Waals surface area contributed by atoms with Gasteiger partial charge in [-0.2, -0.15) is 0 Å². The minimum Gasteiger partial charge on any atom is -0.417 e. The Morgan fingerprint density at radius 2 is 1.86 bits per heavy atom. The fourth-order valence-electron chi connectivity index (χ4n) is 0.791. The zero-order valence-electron chi connectivity index (χ0n) is 10.5. The second-order valence-electron chi connectivity index (χ2n) is 5.47. The second-order valence-corrected chi connectivity index (χ2v) is 10.3. The van der Waals surface area contributed by atoms with Gasteiger partial charge in [0, 0.05) is 12.5 Å². The van der Waals surface area contributed by atoms with Gasteiger partial charge < -0.3 is 4.43 Å². The van der Waals surface area contributed by atoms with E-state index in [0.29, 0.717) is 11.0 Å². The van der Waals surface area contributed by atoms with Gasteiger partial charge in [0.1, 0.15) is 0 Å². The van der Waals surface area contributed by atoms with E-state index in [-0.39, 0.29) is 0 Å². The van der Waals surface area contributed by atoms with Gasteiger partial charge in [-0.25, -0.2) is 0 Å². The Morgan fingerprint density at radius 1 is 1.36 bits per heavy atom. The molecule has 0 saturated carbocycles. The molecule has 0 aromatic rings. The van der Waals surface area contributed by atoms with E-state index in [0.717, 1.165) is 13.0 Å². The van der Waals surface area contributed by atoms with E-state index in [9.17, 15) is 0 Å². The van der Waals surface area contributed by atoms with E-state index in [2.05, 4.69) is 46.7 Å². The van der Waals surface area contributed by atoms with Crippen molar-refractivity contribution in [3.8, 4) is 12.3 Å². The van der Waals surface area contributed by atoms with Crippen LogP contribution in [0.2, 0.25) is 18.1 Å². The predicted molar refractivity (Wildman–Crippen MR) is 65.8 cm³/mol. The van der Waals surface area contributed by atoms with Crippen LogP contribution in [0.5, 0.6) is 0 Å². The van der Waals surface area contributed by atoms with E-state index < -0.39 is 8.32 Å². The highest BCUT2D eigenvalue weighted by molar-refractivity contribution is 6.74. The molecule has 14 heavy (non-hydrogen) atoms. The summed E-state index contributed by atoms with van der Waals surface area (Å²) in [4.78, 5) is 0. The van der Waals surface area contributed by atoms with Crippen LogP contribution in [0.4, 0.5) is 0 Å². The van der Waals surface area contributed by atoms with Gasteiger partial charge in [0.2, 0.25) is 0 Å². The molecule has 1 nitrogen and oxygen atoms in total. The van der Waals surface area contributed by atoms with Gasteiger partial charge >= 0.3 is 0 Å². The van der Waals surface area contributed by atoms with Crippen molar-refractivity contribution in [2.75, 3.05) is 6.61 Å². The largest absolute Gasteiger partial charge is 0.417 e. The number of rotatable bonds is 4. The molecule has 2 heteroatoms. The summed E-state index contributed by atoms with van der Waals surface area (Å²) in [5, 5.41) is 0.298. The lowest BCUT2D eigenvalue weighted by Gasteiger charge is -2.36. The molecule has 1 unspecified atom stereocenters. The first kappa shape index (κ1) is 13.7. The van der Waals surface area contributed by atoms with Crippen molar-refractivity contribution in [2.24, 2.45) is 5.92 Å². The van der Waals surface area contributed by atoms with Crippen LogP contribution in [0.3, 0.4) is 0 Å². The summed E-state index contributed by atoms with van der Waals surface area (Å²) in [5.41, 5.74) is 0. The quantitative estimate of drug-likeness (QED) is 0.510. The summed E-state index contributed by atoms with van der Waals surface area (Å²) in [7, 11) is -1.55. The molecule has 0 amide bonds. The van der Waals surface area contributed by atoms with Crippen molar-refractivity contribution in [1.82, 2.24) is 0 Å². The van der Waals surface area contributed by atoms with Gasteiger partial charge in [-0.05, 0) is 24.6 Å². The third-order valence-corrected chi connectivity index (χ3v) is 7.64. The number of hydrogen-bond acceptors (Lipinski definition) is 1. The van der Waals surface area contributed by atoms with Crippen LogP contribution in [0.1, 0.15) is 34.1 Å². The molecule has 0 aromatic carbocycles. The smallest absolute Gasteiger partial charge is 0.191 e. The molecule has 0 N–H and O–H groups in total. The Hall–Kier alpha value is -0.263. The maximum Gasteiger partial charge on any atom is 0.191 e. The highest BCUT2D eigenvalue weighted by Gasteiger charge is 2.36. The van der Waals surface area contributed by atoms with E-state index in [1.165, 1.54) is 0 Å². The van der Waals surface area contributed by atoms with Crippen LogP contribution >= 0.6 is 0 Å². The van der Waals surface area contributed by atoms with Crippen molar-refractivity contribution in [3.05, 3.63) is 0 Å². The Bertz CT molecular complexity index is 207. The van der Waals surface area contributed by atoms with E-state index in [4.69, 9.17) is 10.8 Å². The molecule has 0 aliphatic heterocycles.